The minimum Gasteiger partial charge on any atom is -0.318 e. The number of hydrazine groups is 1. The maximum atomic E-state index is 13.0. The summed E-state index contributed by atoms with van der Waals surface area (Å²) in [7, 11) is 0. The fourth-order valence-corrected chi connectivity index (χ4v) is 3.97. The lowest BCUT2D eigenvalue weighted by atomic mass is 9.92. The van der Waals surface area contributed by atoms with Crippen molar-refractivity contribution in [3.8, 4) is 0 Å². The molecule has 2 aromatic carbocycles. The predicted molar refractivity (Wildman–Crippen MR) is 113 cm³/mol. The highest BCUT2D eigenvalue weighted by Gasteiger charge is 2.50. The number of carbonyl (C=O) groups excluding carboxylic acids is 4. The lowest BCUT2D eigenvalue weighted by molar-refractivity contribution is -0.140. The molecule has 0 spiro atoms. The van der Waals surface area contributed by atoms with Gasteiger partial charge in [0.05, 0.1) is 12.5 Å². The summed E-state index contributed by atoms with van der Waals surface area (Å²) in [5.41, 5.74) is 3.47. The molecule has 0 unspecified atom stereocenters. The first-order valence-electron chi connectivity index (χ1n) is 9.89. The van der Waals surface area contributed by atoms with Crippen molar-refractivity contribution in [2.24, 2.45) is 0 Å². The molecule has 8 heteroatoms. The van der Waals surface area contributed by atoms with Crippen molar-refractivity contribution in [2.45, 2.75) is 31.8 Å². The number of hydrogen-bond acceptors (Lipinski definition) is 4. The minimum absolute atomic E-state index is 0.111. The summed E-state index contributed by atoms with van der Waals surface area (Å²) in [4.78, 5) is 51.9. The molecule has 5 amide bonds. The highest BCUT2D eigenvalue weighted by Crippen LogP contribution is 2.33. The number of hydrogen-bond donors (Lipinski definition) is 2. The van der Waals surface area contributed by atoms with Crippen LogP contribution in [0.3, 0.4) is 0 Å². The van der Waals surface area contributed by atoms with E-state index in [-0.39, 0.29) is 12.3 Å². The van der Waals surface area contributed by atoms with Gasteiger partial charge < -0.3 is 10.2 Å². The fraction of sp³-hybridized carbons (Fsp3) is 0.217. The summed E-state index contributed by atoms with van der Waals surface area (Å²) in [6.45, 7) is 3.01. The van der Waals surface area contributed by atoms with E-state index in [0.717, 1.165) is 11.1 Å². The maximum Gasteiger partial charge on any atom is 0.344 e. The molecule has 1 fully saturated rings. The largest absolute Gasteiger partial charge is 0.344 e. The van der Waals surface area contributed by atoms with Crippen LogP contribution in [0, 0.1) is 0 Å². The first kappa shape index (κ1) is 20.3. The van der Waals surface area contributed by atoms with Crippen LogP contribution in [-0.2, 0) is 19.9 Å². The molecule has 2 aliphatic rings. The lowest BCUT2D eigenvalue weighted by Crippen LogP contribution is -2.48. The van der Waals surface area contributed by atoms with E-state index in [2.05, 4.69) is 10.7 Å². The number of fused-ring (bicyclic) bond motifs is 1. The van der Waals surface area contributed by atoms with Crippen molar-refractivity contribution in [1.29, 1.82) is 0 Å². The van der Waals surface area contributed by atoms with E-state index < -0.39 is 29.4 Å². The number of urea groups is 1. The molecule has 31 heavy (non-hydrogen) atoms. The smallest absolute Gasteiger partial charge is 0.318 e. The molecule has 1 saturated heterocycles. The minimum atomic E-state index is -1.28. The third-order valence-electron chi connectivity index (χ3n) is 5.63. The third kappa shape index (κ3) is 3.56. The zero-order valence-corrected chi connectivity index (χ0v) is 17.2. The van der Waals surface area contributed by atoms with Crippen molar-refractivity contribution in [3.05, 3.63) is 77.5 Å². The fourth-order valence-electron chi connectivity index (χ4n) is 3.97. The zero-order chi connectivity index (χ0) is 22.2. The number of benzene rings is 2. The van der Waals surface area contributed by atoms with Crippen molar-refractivity contribution in [3.63, 3.8) is 0 Å². The molecule has 2 aromatic rings. The highest BCUT2D eigenvalue weighted by atomic mass is 16.2. The molecule has 2 aliphatic heterocycles. The summed E-state index contributed by atoms with van der Waals surface area (Å²) in [5, 5.41) is 3.35. The van der Waals surface area contributed by atoms with Crippen LogP contribution in [0.25, 0.3) is 6.08 Å². The molecule has 4 rings (SSSR count). The van der Waals surface area contributed by atoms with Gasteiger partial charge >= 0.3 is 6.03 Å². The van der Waals surface area contributed by atoms with Crippen LogP contribution in [0.4, 0.5) is 4.79 Å². The monoisotopic (exact) mass is 418 g/mol. The van der Waals surface area contributed by atoms with Gasteiger partial charge in [-0.3, -0.25) is 19.8 Å². The second-order valence-electron chi connectivity index (χ2n) is 7.69. The number of rotatable bonds is 4. The van der Waals surface area contributed by atoms with E-state index in [1.54, 1.807) is 37.4 Å². The van der Waals surface area contributed by atoms with E-state index >= 15 is 0 Å². The Balaban J connectivity index is 1.53. The van der Waals surface area contributed by atoms with E-state index in [0.29, 0.717) is 10.6 Å². The van der Waals surface area contributed by atoms with E-state index in [9.17, 15) is 19.2 Å². The summed E-state index contributed by atoms with van der Waals surface area (Å²) in [5.74, 6) is -1.35. The van der Waals surface area contributed by atoms with Crippen LogP contribution in [0.15, 0.2) is 60.8 Å². The SMILES string of the molecule is CC(=O)N1C=Cc2ccccc2[C@H]1CC(=O)NN1C(=O)N[C@@](C)(c2ccccc2)C1=O. The molecule has 0 bridgehead atoms. The van der Waals surface area contributed by atoms with Crippen molar-refractivity contribution in [1.82, 2.24) is 20.7 Å². The average Bonchev–Trinajstić information content (AvgIpc) is 2.98. The number of imide groups is 1. The number of nitrogens with zero attached hydrogens (tertiary/aromatic N) is 2. The Morgan fingerprint density at radius 3 is 2.45 bits per heavy atom. The average molecular weight is 418 g/mol. The Hall–Kier alpha value is -3.94. The van der Waals surface area contributed by atoms with Crippen LogP contribution in [0.2, 0.25) is 0 Å². The summed E-state index contributed by atoms with van der Waals surface area (Å²) < 4.78 is 0. The second kappa shape index (κ2) is 7.71. The molecular formula is C23H22N4O4. The zero-order valence-electron chi connectivity index (χ0n) is 17.2. The van der Waals surface area contributed by atoms with Crippen molar-refractivity contribution >= 4 is 29.8 Å². The van der Waals surface area contributed by atoms with Crippen LogP contribution in [-0.4, -0.2) is 33.7 Å². The molecule has 8 nitrogen and oxygen atoms in total. The molecule has 2 atom stereocenters. The van der Waals surface area contributed by atoms with E-state index in [1.165, 1.54) is 11.8 Å². The normalized spacial score (nSPS) is 22.2. The Morgan fingerprint density at radius 1 is 1.06 bits per heavy atom. The van der Waals surface area contributed by atoms with Gasteiger partial charge in [0.1, 0.15) is 5.54 Å². The number of nitrogens with one attached hydrogen (secondary N) is 2. The van der Waals surface area contributed by atoms with Gasteiger partial charge in [-0.2, -0.15) is 5.01 Å². The maximum absolute atomic E-state index is 13.0. The number of amides is 5. The van der Waals surface area contributed by atoms with Gasteiger partial charge in [0, 0.05) is 13.1 Å². The predicted octanol–water partition coefficient (Wildman–Crippen LogP) is 2.45. The van der Waals surface area contributed by atoms with E-state index in [4.69, 9.17) is 0 Å². The van der Waals surface area contributed by atoms with Crippen molar-refractivity contribution in [2.75, 3.05) is 0 Å². The molecule has 158 valence electrons. The molecule has 2 heterocycles. The van der Waals surface area contributed by atoms with Crippen molar-refractivity contribution < 1.29 is 19.2 Å². The Morgan fingerprint density at radius 2 is 1.74 bits per heavy atom. The highest BCUT2D eigenvalue weighted by molar-refractivity contribution is 6.08. The molecule has 0 saturated carbocycles. The topological polar surface area (TPSA) is 98.8 Å². The molecule has 2 N–H and O–H groups in total. The first-order chi connectivity index (χ1) is 14.8. The Kier molecular flexibility index (Phi) is 5.06. The van der Waals surface area contributed by atoms with Gasteiger partial charge in [0.25, 0.3) is 5.91 Å². The van der Waals surface area contributed by atoms with Gasteiger partial charge in [-0.25, -0.2) is 4.79 Å². The van der Waals surface area contributed by atoms with Gasteiger partial charge in [0.15, 0.2) is 0 Å². The quantitative estimate of drug-likeness (QED) is 0.745. The van der Waals surface area contributed by atoms with Gasteiger partial charge in [-0.05, 0) is 29.7 Å². The third-order valence-corrected chi connectivity index (χ3v) is 5.63. The summed E-state index contributed by atoms with van der Waals surface area (Å²) in [6.07, 6.45) is 3.34. The first-order valence-corrected chi connectivity index (χ1v) is 9.89. The van der Waals surface area contributed by atoms with Crippen LogP contribution in [0.5, 0.6) is 0 Å². The van der Waals surface area contributed by atoms with E-state index in [1.807, 2.05) is 36.4 Å². The molecule has 0 aromatic heterocycles. The summed E-state index contributed by atoms with van der Waals surface area (Å²) in [6, 6.07) is 15.0. The van der Waals surface area contributed by atoms with Gasteiger partial charge in [-0.15, -0.1) is 0 Å². The van der Waals surface area contributed by atoms with Gasteiger partial charge in [0.2, 0.25) is 11.8 Å². The lowest BCUT2D eigenvalue weighted by Gasteiger charge is -2.32. The molecular weight excluding hydrogens is 396 g/mol. The van der Waals surface area contributed by atoms with Crippen LogP contribution < -0.4 is 10.7 Å². The second-order valence-corrected chi connectivity index (χ2v) is 7.69. The molecule has 0 aliphatic carbocycles. The van der Waals surface area contributed by atoms with Gasteiger partial charge in [-0.1, -0.05) is 54.6 Å². The standard InChI is InChI=1S/C23H22N4O4/c1-15(28)26-13-12-16-8-6-7-11-18(16)19(26)14-20(29)25-27-21(30)23(2,24-22(27)31)17-9-4-3-5-10-17/h3-13,19H,14H2,1-2H3,(H,24,31)(H,25,29)/t19-,23+/m1/s1. The van der Waals surface area contributed by atoms with Crippen LogP contribution >= 0.6 is 0 Å². The Labute approximate surface area is 179 Å². The summed E-state index contributed by atoms with van der Waals surface area (Å²) >= 11 is 0. The molecule has 0 radical (unpaired) electrons. The van der Waals surface area contributed by atoms with Crippen LogP contribution in [0.1, 0.15) is 43.0 Å². The number of carbonyl (C=O) groups is 4. The Bertz CT molecular complexity index is 1100.